The first-order valence-corrected chi connectivity index (χ1v) is 8.97. The Morgan fingerprint density at radius 3 is 2.21 bits per heavy atom. The van der Waals surface area contributed by atoms with Gasteiger partial charge in [0.1, 0.15) is 0 Å². The Hall–Kier alpha value is -2.45. The molecule has 0 spiro atoms. The number of hydrogen-bond acceptors (Lipinski definition) is 0. The summed E-state index contributed by atoms with van der Waals surface area (Å²) in [6.45, 7) is 0. The average Bonchev–Trinajstić information content (AvgIpc) is 3.44. The van der Waals surface area contributed by atoms with E-state index in [0.717, 1.165) is 12.8 Å². The Bertz CT molecular complexity index is 998. The Balaban J connectivity index is 0.000000266. The molecule has 5 rings (SSSR count). The Morgan fingerprint density at radius 1 is 0.862 bits per heavy atom. The van der Waals surface area contributed by atoms with Crippen LogP contribution in [0.5, 0.6) is 0 Å². The fourth-order valence-electron chi connectivity index (χ4n) is 3.18. The first-order chi connectivity index (χ1) is 12.9. The molecule has 0 atom stereocenters. The molecule has 1 heterocycles. The van der Waals surface area contributed by atoms with Crippen molar-refractivity contribution in [3.05, 3.63) is 121 Å². The molecule has 1 aliphatic rings. The molecule has 1 nitrogen and oxygen atoms in total. The van der Waals surface area contributed by atoms with E-state index in [4.69, 9.17) is 0 Å². The number of nitrogens with zero attached hydrogens (tertiary/aromatic N) is 1. The zero-order chi connectivity index (χ0) is 17.6. The van der Waals surface area contributed by atoms with Crippen molar-refractivity contribution in [2.75, 3.05) is 0 Å². The van der Waals surface area contributed by atoms with Crippen molar-refractivity contribution in [1.29, 1.82) is 0 Å². The molecule has 1 aromatic heterocycles. The molecule has 0 aliphatic heterocycles. The Labute approximate surface area is 189 Å². The number of allylic oxidation sites excluding steroid dienone is 4. The van der Waals surface area contributed by atoms with Gasteiger partial charge in [0.05, 0.1) is 0 Å². The van der Waals surface area contributed by atoms with Gasteiger partial charge in [0, 0.05) is 12.4 Å². The number of aromatic nitrogens is 1. The molecule has 0 saturated carbocycles. The molecular formula is C25H21F2NZr. The van der Waals surface area contributed by atoms with Gasteiger partial charge in [-0.1, -0.05) is 36.4 Å². The van der Waals surface area contributed by atoms with Gasteiger partial charge in [0.15, 0.2) is 0 Å². The second kappa shape index (κ2) is 12.2. The molecular weight excluding hydrogens is 444 g/mol. The fourth-order valence-corrected chi connectivity index (χ4v) is 3.18. The molecule has 0 radical (unpaired) electrons. The minimum absolute atomic E-state index is 0. The largest absolute Gasteiger partial charge is 4.00 e. The minimum Gasteiger partial charge on any atom is -1.00 e. The van der Waals surface area contributed by atoms with E-state index in [2.05, 4.69) is 95.9 Å². The van der Waals surface area contributed by atoms with Crippen molar-refractivity contribution in [1.82, 2.24) is 4.57 Å². The zero-order valence-electron chi connectivity index (χ0n) is 15.9. The van der Waals surface area contributed by atoms with Crippen LogP contribution < -0.4 is 9.41 Å². The van der Waals surface area contributed by atoms with Crippen LogP contribution in [0.2, 0.25) is 0 Å². The number of hydrogen-bond donors (Lipinski definition) is 0. The first kappa shape index (κ1) is 24.6. The summed E-state index contributed by atoms with van der Waals surface area (Å²) >= 11 is 0. The number of rotatable bonds is 3. The van der Waals surface area contributed by atoms with Gasteiger partial charge in [-0.3, -0.25) is 6.08 Å². The third-order valence-electron chi connectivity index (χ3n) is 4.51. The quantitative estimate of drug-likeness (QED) is 0.384. The summed E-state index contributed by atoms with van der Waals surface area (Å²) in [5, 5.41) is 2.60. The van der Waals surface area contributed by atoms with Crippen LogP contribution in [0.25, 0.3) is 16.5 Å². The van der Waals surface area contributed by atoms with Crippen LogP contribution in [0.15, 0.2) is 109 Å². The van der Waals surface area contributed by atoms with Gasteiger partial charge in [-0.05, 0) is 29.8 Å². The number of fused-ring (bicyclic) bond motifs is 1. The molecule has 0 unspecified atom stereocenters. The van der Waals surface area contributed by atoms with Crippen LogP contribution in [0.1, 0.15) is 12.0 Å². The van der Waals surface area contributed by atoms with Gasteiger partial charge in [-0.15, -0.1) is 47.5 Å². The molecule has 3 aromatic carbocycles. The average molecular weight is 465 g/mol. The summed E-state index contributed by atoms with van der Waals surface area (Å²) in [7, 11) is 0. The standard InChI is InChI=1S/C13H10N.C12H11.2FH.Zr/c1-2-6-12-10-13(9-11(12)5-1)14-7-3-4-8-14;1-2-6-11(7-3-1)10-12-8-4-5-9-12;;;/h1-10H;1-4,6-8H,5,10H2;2*1H;/q2*-1;;;+4/p-2. The second-order valence-corrected chi connectivity index (χ2v) is 6.40. The molecule has 1 aliphatic carbocycles. The molecule has 144 valence electrons. The van der Waals surface area contributed by atoms with Gasteiger partial charge < -0.3 is 14.0 Å². The van der Waals surface area contributed by atoms with Crippen LogP contribution >= 0.6 is 0 Å². The van der Waals surface area contributed by atoms with Gasteiger partial charge in [-0.25, -0.2) is 11.6 Å². The monoisotopic (exact) mass is 463 g/mol. The number of benzene rings is 2. The van der Waals surface area contributed by atoms with E-state index in [1.165, 1.54) is 27.6 Å². The summed E-state index contributed by atoms with van der Waals surface area (Å²) in [6.07, 6.45) is 13.8. The summed E-state index contributed by atoms with van der Waals surface area (Å²) < 4.78 is 2.12. The van der Waals surface area contributed by atoms with Crippen LogP contribution in [-0.2, 0) is 32.6 Å². The first-order valence-electron chi connectivity index (χ1n) is 8.97. The zero-order valence-corrected chi connectivity index (χ0v) is 18.4. The maximum absolute atomic E-state index is 3.31. The van der Waals surface area contributed by atoms with Crippen LogP contribution in [0.4, 0.5) is 0 Å². The van der Waals surface area contributed by atoms with Crippen LogP contribution in [-0.4, -0.2) is 4.57 Å². The Kier molecular flexibility index (Phi) is 10.3. The maximum atomic E-state index is 3.31. The summed E-state index contributed by atoms with van der Waals surface area (Å²) in [6, 6.07) is 27.4. The molecule has 0 N–H and O–H groups in total. The van der Waals surface area contributed by atoms with E-state index in [-0.39, 0.29) is 35.6 Å². The van der Waals surface area contributed by atoms with Gasteiger partial charge in [-0.2, -0.15) is 6.08 Å². The topological polar surface area (TPSA) is 4.93 Å². The minimum atomic E-state index is 0. The van der Waals surface area contributed by atoms with Crippen LogP contribution in [0.3, 0.4) is 0 Å². The van der Waals surface area contributed by atoms with Crippen molar-refractivity contribution in [2.24, 2.45) is 0 Å². The summed E-state index contributed by atoms with van der Waals surface area (Å²) in [5.41, 5.74) is 3.92. The van der Waals surface area contributed by atoms with Crippen molar-refractivity contribution >= 4 is 10.8 Å². The third-order valence-corrected chi connectivity index (χ3v) is 4.51. The fraction of sp³-hybridized carbons (Fsp3) is 0.0800. The molecule has 0 bridgehead atoms. The van der Waals surface area contributed by atoms with Crippen molar-refractivity contribution < 1.29 is 35.6 Å². The predicted octanol–water partition coefficient (Wildman–Crippen LogP) is 0.273. The molecule has 4 aromatic rings. The molecule has 4 heteroatoms. The van der Waals surface area contributed by atoms with Crippen molar-refractivity contribution in [3.63, 3.8) is 0 Å². The van der Waals surface area contributed by atoms with E-state index in [0.29, 0.717) is 0 Å². The smallest absolute Gasteiger partial charge is 1.00 e. The van der Waals surface area contributed by atoms with Crippen molar-refractivity contribution in [2.45, 2.75) is 12.8 Å². The van der Waals surface area contributed by atoms with E-state index in [1.807, 2.05) is 18.2 Å². The third kappa shape index (κ3) is 6.54. The number of halogens is 2. The normalized spacial score (nSPS) is 11.4. The molecule has 0 fully saturated rings. The summed E-state index contributed by atoms with van der Waals surface area (Å²) in [5.74, 6) is 0. The van der Waals surface area contributed by atoms with Crippen molar-refractivity contribution in [3.8, 4) is 5.69 Å². The van der Waals surface area contributed by atoms with E-state index in [9.17, 15) is 0 Å². The van der Waals surface area contributed by atoms with Gasteiger partial charge >= 0.3 is 26.2 Å². The van der Waals surface area contributed by atoms with Gasteiger partial charge in [0.25, 0.3) is 0 Å². The second-order valence-electron chi connectivity index (χ2n) is 6.40. The van der Waals surface area contributed by atoms with E-state index >= 15 is 0 Å². The molecule has 0 saturated heterocycles. The van der Waals surface area contributed by atoms with Crippen LogP contribution in [0, 0.1) is 6.08 Å². The van der Waals surface area contributed by atoms with E-state index in [1.54, 1.807) is 0 Å². The summed E-state index contributed by atoms with van der Waals surface area (Å²) in [4.78, 5) is 0. The molecule has 29 heavy (non-hydrogen) atoms. The van der Waals surface area contributed by atoms with Gasteiger partial charge in [0.2, 0.25) is 0 Å². The Morgan fingerprint density at radius 2 is 1.55 bits per heavy atom. The maximum Gasteiger partial charge on any atom is 4.00 e. The predicted molar refractivity (Wildman–Crippen MR) is 110 cm³/mol. The molecule has 0 amide bonds. The van der Waals surface area contributed by atoms with E-state index < -0.39 is 0 Å². The SMILES string of the molecule is [C-]1=C(Cc2ccccc2)C=CC1.[F-].[F-].[Zr+4].c1ccc2[cH-]c(-n3cccc3)cc2c1.